The molecule has 0 aliphatic carbocycles. The Morgan fingerprint density at radius 3 is 2.33 bits per heavy atom. The lowest BCUT2D eigenvalue weighted by Gasteiger charge is -2.28. The Morgan fingerprint density at radius 2 is 1.83 bits per heavy atom. The molecule has 0 heterocycles. The standard InChI is InChI=1S/C12H15Cl3N2O/c1-6(17-12(2,3)11(16)18)7-4-5-8(13)10(15)9(7)14/h4-6,17H,1-3H3,(H2,16,18). The first-order chi connectivity index (χ1) is 8.16. The van der Waals surface area contributed by atoms with E-state index in [0.717, 1.165) is 5.56 Å². The third kappa shape index (κ3) is 3.29. The van der Waals surface area contributed by atoms with Crippen LogP contribution in [0.25, 0.3) is 0 Å². The molecule has 1 amide bonds. The van der Waals surface area contributed by atoms with Gasteiger partial charge in [0, 0.05) is 6.04 Å². The molecule has 0 aliphatic heterocycles. The van der Waals surface area contributed by atoms with Gasteiger partial charge in [0.2, 0.25) is 5.91 Å². The van der Waals surface area contributed by atoms with Crippen molar-refractivity contribution < 1.29 is 4.79 Å². The maximum Gasteiger partial charge on any atom is 0.237 e. The number of nitrogens with one attached hydrogen (secondary N) is 1. The van der Waals surface area contributed by atoms with Gasteiger partial charge < -0.3 is 5.73 Å². The second-order valence-corrected chi connectivity index (χ2v) is 5.78. The molecule has 0 aromatic heterocycles. The summed E-state index contributed by atoms with van der Waals surface area (Å²) in [5.74, 6) is -0.439. The summed E-state index contributed by atoms with van der Waals surface area (Å²) >= 11 is 18.0. The average Bonchev–Trinajstić information content (AvgIpc) is 2.25. The zero-order valence-electron chi connectivity index (χ0n) is 10.4. The van der Waals surface area contributed by atoms with Crippen LogP contribution in [0, 0.1) is 0 Å². The van der Waals surface area contributed by atoms with Crippen LogP contribution in [0.1, 0.15) is 32.4 Å². The third-order valence-electron chi connectivity index (χ3n) is 2.72. The van der Waals surface area contributed by atoms with E-state index in [9.17, 15) is 4.79 Å². The summed E-state index contributed by atoms with van der Waals surface area (Å²) in [5, 5.41) is 4.18. The average molecular weight is 310 g/mol. The lowest BCUT2D eigenvalue weighted by molar-refractivity contribution is -0.123. The molecule has 1 atom stereocenters. The molecular weight excluding hydrogens is 295 g/mol. The molecule has 6 heteroatoms. The van der Waals surface area contributed by atoms with Crippen molar-refractivity contribution in [2.45, 2.75) is 32.4 Å². The first-order valence-electron chi connectivity index (χ1n) is 5.38. The highest BCUT2D eigenvalue weighted by molar-refractivity contribution is 6.48. The van der Waals surface area contributed by atoms with Crippen LogP contribution in [-0.4, -0.2) is 11.4 Å². The van der Waals surface area contributed by atoms with Gasteiger partial charge in [-0.15, -0.1) is 0 Å². The minimum absolute atomic E-state index is 0.185. The van der Waals surface area contributed by atoms with Gasteiger partial charge in [0.1, 0.15) is 0 Å². The van der Waals surface area contributed by atoms with E-state index in [1.165, 1.54) is 0 Å². The number of primary amides is 1. The summed E-state index contributed by atoms with van der Waals surface area (Å²) in [4.78, 5) is 11.3. The van der Waals surface area contributed by atoms with Gasteiger partial charge in [-0.3, -0.25) is 10.1 Å². The smallest absolute Gasteiger partial charge is 0.237 e. The minimum atomic E-state index is -0.838. The molecule has 18 heavy (non-hydrogen) atoms. The van der Waals surface area contributed by atoms with Gasteiger partial charge in [0.25, 0.3) is 0 Å². The fraction of sp³-hybridized carbons (Fsp3) is 0.417. The van der Waals surface area contributed by atoms with Crippen LogP contribution in [0.4, 0.5) is 0 Å². The number of hydrogen-bond donors (Lipinski definition) is 2. The molecule has 0 radical (unpaired) electrons. The van der Waals surface area contributed by atoms with Crippen molar-refractivity contribution in [3.63, 3.8) is 0 Å². The number of carbonyl (C=O) groups excluding carboxylic acids is 1. The third-order valence-corrected chi connectivity index (χ3v) is 4.03. The van der Waals surface area contributed by atoms with Gasteiger partial charge in [-0.25, -0.2) is 0 Å². The van der Waals surface area contributed by atoms with Crippen LogP contribution in [0.15, 0.2) is 12.1 Å². The largest absolute Gasteiger partial charge is 0.368 e. The SMILES string of the molecule is CC(NC(C)(C)C(N)=O)c1ccc(Cl)c(Cl)c1Cl. The van der Waals surface area contributed by atoms with Crippen molar-refractivity contribution in [2.75, 3.05) is 0 Å². The van der Waals surface area contributed by atoms with Crippen molar-refractivity contribution in [2.24, 2.45) is 5.73 Å². The Hall–Kier alpha value is -0.480. The number of rotatable bonds is 4. The lowest BCUT2D eigenvalue weighted by Crippen LogP contribution is -2.51. The Labute approximate surface area is 122 Å². The predicted octanol–water partition coefficient (Wildman–Crippen LogP) is 3.56. The van der Waals surface area contributed by atoms with Crippen LogP contribution in [0.3, 0.4) is 0 Å². The minimum Gasteiger partial charge on any atom is -0.368 e. The molecule has 0 saturated carbocycles. The van der Waals surface area contributed by atoms with Crippen LogP contribution < -0.4 is 11.1 Å². The Morgan fingerprint density at radius 1 is 1.28 bits per heavy atom. The maximum atomic E-state index is 11.3. The summed E-state index contributed by atoms with van der Waals surface area (Å²) < 4.78 is 0. The molecule has 1 rings (SSSR count). The first kappa shape index (κ1) is 15.6. The zero-order valence-corrected chi connectivity index (χ0v) is 12.6. The van der Waals surface area contributed by atoms with E-state index in [0.29, 0.717) is 15.1 Å². The number of amides is 1. The van der Waals surface area contributed by atoms with E-state index in [4.69, 9.17) is 40.5 Å². The van der Waals surface area contributed by atoms with E-state index < -0.39 is 11.4 Å². The normalized spacial score (nSPS) is 13.4. The van der Waals surface area contributed by atoms with Gasteiger partial charge in [-0.05, 0) is 32.4 Å². The molecule has 3 N–H and O–H groups in total. The van der Waals surface area contributed by atoms with E-state index >= 15 is 0 Å². The van der Waals surface area contributed by atoms with E-state index in [1.807, 2.05) is 6.92 Å². The monoisotopic (exact) mass is 308 g/mol. The number of benzene rings is 1. The number of hydrogen-bond acceptors (Lipinski definition) is 2. The second-order valence-electron chi connectivity index (χ2n) is 4.62. The molecular formula is C12H15Cl3N2O. The Balaban J connectivity index is 3.02. The molecule has 1 unspecified atom stereocenters. The highest BCUT2D eigenvalue weighted by Gasteiger charge is 2.27. The summed E-state index contributed by atoms with van der Waals surface area (Å²) in [5.41, 5.74) is 5.23. The number of nitrogens with two attached hydrogens (primary N) is 1. The number of carbonyl (C=O) groups is 1. The highest BCUT2D eigenvalue weighted by atomic mass is 35.5. The van der Waals surface area contributed by atoms with Crippen molar-refractivity contribution in [3.05, 3.63) is 32.8 Å². The summed E-state index contributed by atoms with van der Waals surface area (Å²) in [7, 11) is 0. The molecule has 1 aromatic carbocycles. The van der Waals surface area contributed by atoms with E-state index in [2.05, 4.69) is 5.32 Å². The lowest BCUT2D eigenvalue weighted by atomic mass is 10.0. The Bertz CT molecular complexity index is 475. The van der Waals surface area contributed by atoms with Gasteiger partial charge >= 0.3 is 0 Å². The molecule has 0 bridgehead atoms. The summed E-state index contributed by atoms with van der Waals surface area (Å²) in [6.07, 6.45) is 0. The van der Waals surface area contributed by atoms with Crippen molar-refractivity contribution >= 4 is 40.7 Å². The zero-order chi connectivity index (χ0) is 14.1. The molecule has 3 nitrogen and oxygen atoms in total. The highest BCUT2D eigenvalue weighted by Crippen LogP contribution is 2.35. The first-order valence-corrected chi connectivity index (χ1v) is 6.51. The molecule has 0 fully saturated rings. The van der Waals surface area contributed by atoms with Gasteiger partial charge in [0.05, 0.1) is 20.6 Å². The summed E-state index contributed by atoms with van der Waals surface area (Å²) in [6, 6.07) is 3.25. The Kier molecular flexibility index (Phi) is 4.90. The fourth-order valence-electron chi connectivity index (χ4n) is 1.57. The fourth-order valence-corrected chi connectivity index (χ4v) is 2.27. The molecule has 0 aliphatic rings. The molecule has 0 spiro atoms. The van der Waals surface area contributed by atoms with Crippen molar-refractivity contribution in [1.82, 2.24) is 5.32 Å². The number of halogens is 3. The van der Waals surface area contributed by atoms with Crippen molar-refractivity contribution in [3.8, 4) is 0 Å². The maximum absolute atomic E-state index is 11.3. The molecule has 1 aromatic rings. The molecule has 0 saturated heterocycles. The van der Waals surface area contributed by atoms with Gasteiger partial charge in [0.15, 0.2) is 0 Å². The van der Waals surface area contributed by atoms with Gasteiger partial charge in [-0.1, -0.05) is 40.9 Å². The van der Waals surface area contributed by atoms with Crippen LogP contribution in [0.5, 0.6) is 0 Å². The van der Waals surface area contributed by atoms with Crippen molar-refractivity contribution in [1.29, 1.82) is 0 Å². The quantitative estimate of drug-likeness (QED) is 0.836. The predicted molar refractivity (Wildman–Crippen MR) is 76.3 cm³/mol. The van der Waals surface area contributed by atoms with E-state index in [-0.39, 0.29) is 6.04 Å². The molecule has 100 valence electrons. The van der Waals surface area contributed by atoms with Crippen LogP contribution in [0.2, 0.25) is 15.1 Å². The second kappa shape index (κ2) is 5.66. The van der Waals surface area contributed by atoms with Gasteiger partial charge in [-0.2, -0.15) is 0 Å². The van der Waals surface area contributed by atoms with E-state index in [1.54, 1.807) is 26.0 Å². The topological polar surface area (TPSA) is 55.1 Å². The van der Waals surface area contributed by atoms with Crippen LogP contribution >= 0.6 is 34.8 Å². The summed E-state index contributed by atoms with van der Waals surface area (Å²) in [6.45, 7) is 5.28. The van der Waals surface area contributed by atoms with Crippen LogP contribution in [-0.2, 0) is 4.79 Å².